The van der Waals surface area contributed by atoms with Gasteiger partial charge in [-0.2, -0.15) is 0 Å². The van der Waals surface area contributed by atoms with E-state index < -0.39 is 12.1 Å². The molecular formula is C21H27NO3. The summed E-state index contributed by atoms with van der Waals surface area (Å²) in [6.07, 6.45) is -0.282. The number of carbonyl (C=O) groups is 1. The van der Waals surface area contributed by atoms with Gasteiger partial charge in [0.05, 0.1) is 12.7 Å². The van der Waals surface area contributed by atoms with Crippen molar-refractivity contribution >= 4 is 5.97 Å². The van der Waals surface area contributed by atoms with E-state index in [0.717, 1.165) is 11.1 Å². The van der Waals surface area contributed by atoms with Crippen LogP contribution in [0.4, 0.5) is 0 Å². The van der Waals surface area contributed by atoms with E-state index in [2.05, 4.69) is 0 Å². The topological polar surface area (TPSA) is 49.8 Å². The fraction of sp³-hybridized carbons (Fsp3) is 0.381. The minimum atomic E-state index is -0.772. The van der Waals surface area contributed by atoms with Crippen LogP contribution in [0, 0.1) is 0 Å². The smallest absolute Gasteiger partial charge is 0.326 e. The van der Waals surface area contributed by atoms with Gasteiger partial charge in [0.1, 0.15) is 6.04 Å². The van der Waals surface area contributed by atoms with Crippen molar-refractivity contribution < 1.29 is 14.6 Å². The molecule has 0 unspecified atom stereocenters. The third kappa shape index (κ3) is 5.69. The van der Waals surface area contributed by atoms with Crippen molar-refractivity contribution in [2.45, 2.75) is 45.5 Å². The summed E-state index contributed by atoms with van der Waals surface area (Å²) >= 11 is 0. The van der Waals surface area contributed by atoms with E-state index in [1.54, 1.807) is 6.92 Å². The van der Waals surface area contributed by atoms with Gasteiger partial charge in [0.2, 0.25) is 0 Å². The molecule has 0 saturated carbocycles. The molecule has 25 heavy (non-hydrogen) atoms. The fourth-order valence-electron chi connectivity index (χ4n) is 2.89. The summed E-state index contributed by atoms with van der Waals surface area (Å²) in [5.41, 5.74) is 2.19. The van der Waals surface area contributed by atoms with Crippen molar-refractivity contribution in [2.75, 3.05) is 6.61 Å². The molecule has 0 spiro atoms. The van der Waals surface area contributed by atoms with Crippen LogP contribution >= 0.6 is 0 Å². The average Bonchev–Trinajstić information content (AvgIpc) is 2.63. The van der Waals surface area contributed by atoms with E-state index in [4.69, 9.17) is 4.74 Å². The molecular weight excluding hydrogens is 314 g/mol. The Bertz CT molecular complexity index is 589. The van der Waals surface area contributed by atoms with Crippen LogP contribution < -0.4 is 0 Å². The van der Waals surface area contributed by atoms with Crippen molar-refractivity contribution in [3.63, 3.8) is 0 Å². The monoisotopic (exact) mass is 341 g/mol. The molecule has 1 N–H and O–H groups in total. The Kier molecular flexibility index (Phi) is 7.64. The normalized spacial score (nSPS) is 13.4. The molecule has 0 aliphatic rings. The molecule has 134 valence electrons. The van der Waals surface area contributed by atoms with Gasteiger partial charge in [-0.1, -0.05) is 67.6 Å². The Morgan fingerprint density at radius 2 is 1.44 bits per heavy atom. The first-order chi connectivity index (χ1) is 12.2. The second kappa shape index (κ2) is 9.97. The van der Waals surface area contributed by atoms with Gasteiger partial charge >= 0.3 is 5.97 Å². The van der Waals surface area contributed by atoms with Gasteiger partial charge < -0.3 is 9.84 Å². The highest BCUT2D eigenvalue weighted by Gasteiger charge is 2.33. The molecule has 2 aromatic rings. The molecule has 0 bridgehead atoms. The lowest BCUT2D eigenvalue weighted by Crippen LogP contribution is -2.49. The van der Waals surface area contributed by atoms with Gasteiger partial charge in [-0.25, -0.2) is 0 Å². The number of nitrogens with zero attached hydrogens (tertiary/aromatic N) is 1. The van der Waals surface area contributed by atoms with Gasteiger partial charge in [0.15, 0.2) is 0 Å². The summed E-state index contributed by atoms with van der Waals surface area (Å²) in [7, 11) is 0. The second-order valence-electron chi connectivity index (χ2n) is 6.05. The maximum absolute atomic E-state index is 12.5. The maximum atomic E-state index is 12.5. The van der Waals surface area contributed by atoms with Crippen molar-refractivity contribution in [3.8, 4) is 0 Å². The molecule has 0 amide bonds. The molecule has 0 fully saturated rings. The lowest BCUT2D eigenvalue weighted by atomic mass is 10.0. The minimum absolute atomic E-state index is 0.302. The summed E-state index contributed by atoms with van der Waals surface area (Å²) < 4.78 is 5.24. The number of hydrogen-bond donors (Lipinski definition) is 1. The van der Waals surface area contributed by atoms with Crippen LogP contribution in [0.15, 0.2) is 60.7 Å². The highest BCUT2D eigenvalue weighted by atomic mass is 16.5. The van der Waals surface area contributed by atoms with Crippen molar-refractivity contribution in [1.82, 2.24) is 4.90 Å². The number of carbonyl (C=O) groups excluding carboxylic acids is 1. The number of benzene rings is 2. The van der Waals surface area contributed by atoms with Crippen LogP contribution in [0.3, 0.4) is 0 Å². The van der Waals surface area contributed by atoms with E-state index in [1.807, 2.05) is 72.5 Å². The van der Waals surface area contributed by atoms with Crippen LogP contribution in [0.5, 0.6) is 0 Å². The van der Waals surface area contributed by atoms with E-state index in [9.17, 15) is 9.90 Å². The molecule has 0 radical (unpaired) electrons. The summed E-state index contributed by atoms with van der Waals surface area (Å²) in [6.45, 7) is 5.09. The van der Waals surface area contributed by atoms with Crippen LogP contribution in [0.1, 0.15) is 31.4 Å². The number of hydrogen-bond acceptors (Lipinski definition) is 4. The van der Waals surface area contributed by atoms with Gasteiger partial charge in [0.25, 0.3) is 0 Å². The molecule has 0 aromatic heterocycles. The van der Waals surface area contributed by atoms with Gasteiger partial charge in [-0.15, -0.1) is 0 Å². The summed E-state index contributed by atoms with van der Waals surface area (Å²) in [5.74, 6) is -0.372. The molecule has 2 atom stereocenters. The first kappa shape index (κ1) is 19.2. The largest absolute Gasteiger partial charge is 0.465 e. The standard InChI is InChI=1S/C21H27NO3/c1-3-19(23)20(21(24)25-4-2)22(15-17-11-7-5-8-12-17)16-18-13-9-6-10-14-18/h5-14,19-20,23H,3-4,15-16H2,1-2H3/t19-,20-/m0/s1. The zero-order chi connectivity index (χ0) is 18.1. The molecule has 0 heterocycles. The predicted molar refractivity (Wildman–Crippen MR) is 98.8 cm³/mol. The van der Waals surface area contributed by atoms with Crippen molar-refractivity contribution in [2.24, 2.45) is 0 Å². The van der Waals surface area contributed by atoms with Gasteiger partial charge in [-0.05, 0) is 24.5 Å². The lowest BCUT2D eigenvalue weighted by molar-refractivity contribution is -0.155. The highest BCUT2D eigenvalue weighted by molar-refractivity contribution is 5.76. The quantitative estimate of drug-likeness (QED) is 0.710. The first-order valence-corrected chi connectivity index (χ1v) is 8.82. The number of esters is 1. The summed E-state index contributed by atoms with van der Waals surface area (Å²) in [6, 6.07) is 19.3. The molecule has 0 saturated heterocycles. The zero-order valence-electron chi connectivity index (χ0n) is 15.0. The number of aliphatic hydroxyl groups is 1. The lowest BCUT2D eigenvalue weighted by Gasteiger charge is -2.33. The van der Waals surface area contributed by atoms with Crippen LogP contribution in [0.25, 0.3) is 0 Å². The second-order valence-corrected chi connectivity index (χ2v) is 6.05. The Morgan fingerprint density at radius 1 is 0.960 bits per heavy atom. The summed E-state index contributed by atoms with van der Waals surface area (Å²) in [5, 5.41) is 10.5. The van der Waals surface area contributed by atoms with E-state index >= 15 is 0 Å². The third-order valence-corrected chi connectivity index (χ3v) is 4.16. The van der Waals surface area contributed by atoms with E-state index in [0.29, 0.717) is 26.1 Å². The number of ether oxygens (including phenoxy) is 1. The average molecular weight is 341 g/mol. The van der Waals surface area contributed by atoms with Crippen LogP contribution in [-0.2, 0) is 22.6 Å². The van der Waals surface area contributed by atoms with Crippen LogP contribution in [0.2, 0.25) is 0 Å². The SMILES string of the molecule is CCOC(=O)[C@H]([C@@H](O)CC)N(Cc1ccccc1)Cc1ccccc1. The molecule has 4 heteroatoms. The third-order valence-electron chi connectivity index (χ3n) is 4.16. The maximum Gasteiger partial charge on any atom is 0.326 e. The molecule has 0 aliphatic heterocycles. The molecule has 2 rings (SSSR count). The zero-order valence-corrected chi connectivity index (χ0v) is 15.0. The molecule has 0 aliphatic carbocycles. The fourth-order valence-corrected chi connectivity index (χ4v) is 2.89. The Balaban J connectivity index is 2.30. The van der Waals surface area contributed by atoms with Crippen molar-refractivity contribution in [3.05, 3.63) is 71.8 Å². The van der Waals surface area contributed by atoms with Gasteiger partial charge in [0, 0.05) is 13.1 Å². The van der Waals surface area contributed by atoms with Crippen molar-refractivity contribution in [1.29, 1.82) is 0 Å². The highest BCUT2D eigenvalue weighted by Crippen LogP contribution is 2.18. The first-order valence-electron chi connectivity index (χ1n) is 8.82. The summed E-state index contributed by atoms with van der Waals surface area (Å²) in [4.78, 5) is 14.5. The number of rotatable bonds is 9. The Morgan fingerprint density at radius 3 is 1.84 bits per heavy atom. The van der Waals surface area contributed by atoms with E-state index in [-0.39, 0.29) is 5.97 Å². The molecule has 2 aromatic carbocycles. The Hall–Kier alpha value is -2.17. The minimum Gasteiger partial charge on any atom is -0.465 e. The van der Waals surface area contributed by atoms with Gasteiger partial charge in [-0.3, -0.25) is 9.69 Å². The Labute approximate surface area is 150 Å². The van der Waals surface area contributed by atoms with E-state index in [1.165, 1.54) is 0 Å². The van der Waals surface area contributed by atoms with Crippen LogP contribution in [-0.4, -0.2) is 34.7 Å². The molecule has 4 nitrogen and oxygen atoms in total. The predicted octanol–water partition coefficient (Wildman–Crippen LogP) is 3.39. The number of aliphatic hydroxyl groups excluding tert-OH is 1.